The molecule has 17 N–H and O–H groups in total. The van der Waals surface area contributed by atoms with Gasteiger partial charge in [0.25, 0.3) is 11.1 Å². The largest absolute Gasteiger partial charge is 0.480 e. The predicted octanol–water partition coefficient (Wildman–Crippen LogP) is -2.28. The third-order valence-electron chi connectivity index (χ3n) is 18.0. The molecule has 0 aliphatic rings. The summed E-state index contributed by atoms with van der Waals surface area (Å²) < 4.78 is 6.50. The van der Waals surface area contributed by atoms with E-state index in [-0.39, 0.29) is 112 Å². The first kappa shape index (κ1) is 111. The highest BCUT2D eigenvalue weighted by molar-refractivity contribution is 5.88. The summed E-state index contributed by atoms with van der Waals surface area (Å²) in [5.74, 6) is -6.08. The predicted molar refractivity (Wildman–Crippen MR) is 484 cm³/mol. The summed E-state index contributed by atoms with van der Waals surface area (Å²) in [5.41, 5.74) is -2.23. The molecule has 6 amide bonds. The monoisotopic (exact) mass is 1830 g/mol. The van der Waals surface area contributed by atoms with Crippen LogP contribution in [0.15, 0.2) is 61.3 Å². The number of aliphatic carboxylic acids is 5. The second kappa shape index (κ2) is 50.8. The molecule has 7 aromatic heterocycles. The maximum Gasteiger partial charge on any atom is 0.349 e. The number of aromatic nitrogens is 14. The molecule has 0 bridgehead atoms. The van der Waals surface area contributed by atoms with Crippen molar-refractivity contribution in [3.8, 4) is 0 Å². The van der Waals surface area contributed by atoms with E-state index in [2.05, 4.69) is 98.0 Å². The van der Waals surface area contributed by atoms with Gasteiger partial charge in [-0.15, -0.1) is 0 Å². The number of carboxylic acids is 5. The van der Waals surface area contributed by atoms with E-state index in [9.17, 15) is 76.7 Å². The molecule has 720 valence electrons. The van der Waals surface area contributed by atoms with Gasteiger partial charge in [-0.3, -0.25) is 90.6 Å². The summed E-state index contributed by atoms with van der Waals surface area (Å²) in [7, 11) is 11.8. The zero-order chi connectivity index (χ0) is 98.7. The molecule has 0 aliphatic heterocycles. The fourth-order valence-electron chi connectivity index (χ4n) is 11.4. The summed E-state index contributed by atoms with van der Waals surface area (Å²) in [6.45, 7) is 28.0. The second-order valence-corrected chi connectivity index (χ2v) is 34.4. The zero-order valence-corrected chi connectivity index (χ0v) is 78.0. The number of likely N-dealkylation sites (N-methyl/N-ethyl adjacent to an activating group) is 4. The number of hydrogen-bond acceptors (Lipinski definition) is 32. The van der Waals surface area contributed by atoms with E-state index < -0.39 is 124 Å². The van der Waals surface area contributed by atoms with E-state index in [1.165, 1.54) is 54.9 Å². The third kappa shape index (κ3) is 37.3. The van der Waals surface area contributed by atoms with Crippen molar-refractivity contribution < 1.29 is 78.3 Å². The molecule has 0 saturated heterocycles. The molecule has 130 heavy (non-hydrogen) atoms. The Labute approximate surface area is 749 Å². The highest BCUT2D eigenvalue weighted by Crippen LogP contribution is 2.28. The Balaban J connectivity index is 0.000000419. The number of nitrogens with zero attached hydrogens (tertiary/aromatic N) is 17. The lowest BCUT2D eigenvalue weighted by Crippen LogP contribution is -2.45. The lowest BCUT2D eigenvalue weighted by atomic mass is 9.88. The van der Waals surface area contributed by atoms with E-state index >= 15 is 0 Å². The summed E-state index contributed by atoms with van der Waals surface area (Å²) in [4.78, 5) is 230. The van der Waals surface area contributed by atoms with Crippen LogP contribution < -0.4 is 81.4 Å². The van der Waals surface area contributed by atoms with Gasteiger partial charge in [0, 0.05) is 133 Å². The molecule has 0 saturated carbocycles. The van der Waals surface area contributed by atoms with Crippen LogP contribution in [0.5, 0.6) is 0 Å². The standard InChI is InChI=1S/C17H28N8O4.C16H25N7O3.C16H25N5O5.C16H27N5O4.C15H24N4O5/c1-17(2,3)23-16-20-12-13(21-15(19-5)22-14(12)29)25(16)8-10(26)24(7-6-18-4)9-11(27)28;1-16(2,3)21-14-13-15(19-9-18-14)23(10-20-13)7-11(24)22(6-5-17-4)8-12(25)26;1-16(2,3)14(25)18-6-8-20(10-13(23)24)12(22)9-21-7-5-11(17-4)19-15(21)26;1-16(2,3)11-8-21(15(25)19-14(11)18-5)9-12(22)20(7-6-17-4)10-13(23)24;1-15(2,3)10-7-19(14(24)17-13(10)23)8-11(20)18(6-5-16-4)9-12(21)22/h18H,6-9H2,1-5H3,(H,20,23)(H,27,28)(H2,19,21,22,29);9-10,17H,5-8H2,1-4H3,(H,25,26)(H,18,19,21);5,7H,6,8-10H2,1-4H3,(H,18,25)(H,23,24)(H,17,19,26);8,17H,6-7,9-10H2,1-5H3,(H,23,24)(H,18,19,25);7,16H,5-6,8-9H2,1-4H3,(H,21,22)(H,17,23,24). The highest BCUT2D eigenvalue weighted by atomic mass is 16.4. The van der Waals surface area contributed by atoms with Gasteiger partial charge in [-0.1, -0.05) is 62.3 Å². The van der Waals surface area contributed by atoms with Gasteiger partial charge in [-0.2, -0.15) is 15.0 Å². The summed E-state index contributed by atoms with van der Waals surface area (Å²) >= 11 is 0. The van der Waals surface area contributed by atoms with Crippen molar-refractivity contribution in [2.45, 2.75) is 158 Å². The maximum absolute atomic E-state index is 12.9. The number of nitrogens with one attached hydrogen (secondary N) is 12. The average Bonchev–Trinajstić information content (AvgIpc) is 1.63. The maximum atomic E-state index is 12.9. The first-order chi connectivity index (χ1) is 60.5. The number of anilines is 5. The van der Waals surface area contributed by atoms with Gasteiger partial charge in [-0.25, -0.2) is 34.3 Å². The van der Waals surface area contributed by atoms with Crippen LogP contribution in [-0.4, -0.2) is 342 Å². The number of aromatic amines is 2. The van der Waals surface area contributed by atoms with Gasteiger partial charge in [0.2, 0.25) is 47.3 Å². The van der Waals surface area contributed by atoms with Gasteiger partial charge in [-0.05, 0) is 86.6 Å². The van der Waals surface area contributed by atoms with E-state index in [0.29, 0.717) is 72.9 Å². The van der Waals surface area contributed by atoms with Crippen LogP contribution >= 0.6 is 0 Å². The van der Waals surface area contributed by atoms with Gasteiger partial charge in [0.05, 0.1) is 6.33 Å². The Bertz CT molecular complexity index is 5350. The molecule has 0 radical (unpaired) electrons. The number of carbonyl (C=O) groups excluding carboxylic acids is 6. The van der Waals surface area contributed by atoms with Crippen LogP contribution in [0.4, 0.5) is 29.4 Å². The number of carbonyl (C=O) groups is 11. The van der Waals surface area contributed by atoms with Crippen LogP contribution in [0.2, 0.25) is 0 Å². The lowest BCUT2D eigenvalue weighted by Gasteiger charge is -2.24. The molecule has 50 heteroatoms. The lowest BCUT2D eigenvalue weighted by molar-refractivity contribution is -0.144. The smallest absolute Gasteiger partial charge is 0.349 e. The fraction of sp³-hybridized carbons (Fsp3) is 0.588. The Morgan fingerprint density at radius 2 is 0.823 bits per heavy atom. The average molecular weight is 1830 g/mol. The topological polar surface area (TPSA) is 657 Å². The Morgan fingerprint density at radius 3 is 1.22 bits per heavy atom. The first-order valence-corrected chi connectivity index (χ1v) is 41.1. The Morgan fingerprint density at radius 1 is 0.408 bits per heavy atom. The van der Waals surface area contributed by atoms with Crippen molar-refractivity contribution in [2.24, 2.45) is 5.41 Å². The molecule has 7 heterocycles. The fourth-order valence-corrected chi connectivity index (χ4v) is 11.4. The summed E-state index contributed by atoms with van der Waals surface area (Å²) in [6, 6.07) is 1.53. The molecule has 0 unspecified atom stereocenters. The third-order valence-corrected chi connectivity index (χ3v) is 18.0. The molecule has 7 rings (SSSR count). The van der Waals surface area contributed by atoms with Crippen molar-refractivity contribution in [2.75, 3.05) is 174 Å². The van der Waals surface area contributed by atoms with E-state index in [0.717, 1.165) is 24.5 Å². The minimum atomic E-state index is -1.18. The van der Waals surface area contributed by atoms with Crippen LogP contribution in [0, 0.1) is 5.41 Å². The molecule has 0 fully saturated rings. The molecule has 50 nitrogen and oxygen atoms in total. The molecule has 7 aromatic rings. The van der Waals surface area contributed by atoms with Gasteiger partial charge < -0.3 is 108 Å². The molecule has 0 atom stereocenters. The van der Waals surface area contributed by atoms with Crippen molar-refractivity contribution in [3.05, 3.63) is 101 Å². The molecule has 0 aromatic carbocycles. The van der Waals surface area contributed by atoms with Crippen LogP contribution in [0.1, 0.15) is 115 Å². The van der Waals surface area contributed by atoms with Gasteiger partial charge >= 0.3 is 46.9 Å². The van der Waals surface area contributed by atoms with Crippen LogP contribution in [0.25, 0.3) is 22.3 Å². The number of H-pyrrole nitrogens is 2. The van der Waals surface area contributed by atoms with E-state index in [1.807, 2.05) is 83.1 Å². The number of imidazole rings is 2. The minimum Gasteiger partial charge on any atom is -0.480 e. The van der Waals surface area contributed by atoms with E-state index in [4.69, 9.17) is 25.5 Å². The van der Waals surface area contributed by atoms with E-state index in [1.54, 1.807) is 80.9 Å². The molecular weight excluding hydrogens is 1700 g/mol. The number of hydrogen-bond donors (Lipinski definition) is 17. The number of amides is 6. The Kier molecular flexibility index (Phi) is 43.2. The number of fused-ring (bicyclic) bond motifs is 2. The highest BCUT2D eigenvalue weighted by Gasteiger charge is 2.30. The zero-order valence-electron chi connectivity index (χ0n) is 78.0. The quantitative estimate of drug-likeness (QED) is 0.0192. The number of carboxylic acid groups (broad SMARTS) is 5. The normalized spacial score (nSPS) is 11.3. The summed E-state index contributed by atoms with van der Waals surface area (Å²) in [5, 5.41) is 74.0. The number of rotatable bonds is 40. The Hall–Kier alpha value is -13.6. The molecular formula is C80H129N29O21. The van der Waals surface area contributed by atoms with Gasteiger partial charge in [0.15, 0.2) is 22.6 Å². The van der Waals surface area contributed by atoms with Crippen molar-refractivity contribution in [1.82, 2.24) is 119 Å². The first-order valence-electron chi connectivity index (χ1n) is 41.1. The van der Waals surface area contributed by atoms with Crippen molar-refractivity contribution >= 4 is 117 Å². The van der Waals surface area contributed by atoms with Crippen molar-refractivity contribution in [3.63, 3.8) is 0 Å². The van der Waals surface area contributed by atoms with Crippen LogP contribution in [-0.2, 0) is 96.3 Å². The second-order valence-electron chi connectivity index (χ2n) is 34.4. The minimum absolute atomic E-state index is 0.0176. The SMILES string of the molecule is CNCCN(CC(=O)O)C(=O)Cn1c(NC(C)(C)C)nc2c(=O)[nH]c(NC)nc21.CNCCN(CC(=O)O)C(=O)Cn1cc(C(C)(C)C)c(=O)[nH]c1=O.CNCCN(CC(=O)O)C(=O)Cn1cc(C(C)(C)C)c(NC)nc1=O.CNCCN(CC(=O)O)C(=O)Cn1cnc2c(NC(C)(C)C)ncnc21.CNc1ccn(CC(=O)N(CCNC(=O)C(C)(C)C)CC(=O)O)c(=O)n1. The van der Waals surface area contributed by atoms with Crippen molar-refractivity contribution in [1.29, 1.82) is 0 Å². The summed E-state index contributed by atoms with van der Waals surface area (Å²) in [6.07, 6.45) is 7.29. The van der Waals surface area contributed by atoms with Crippen LogP contribution in [0.3, 0.4) is 0 Å². The van der Waals surface area contributed by atoms with Gasteiger partial charge in [0.1, 0.15) is 88.9 Å². The molecule has 0 aliphatic carbocycles. The molecule has 0 spiro atoms.